The van der Waals surface area contributed by atoms with Crippen LogP contribution in [-0.4, -0.2) is 13.9 Å². The molecule has 0 N–H and O–H groups in total. The predicted octanol–water partition coefficient (Wildman–Crippen LogP) is 2.40. The van der Waals surface area contributed by atoms with Crippen LogP contribution in [0, 0.1) is 17.5 Å². The maximum atomic E-state index is 12.5. The number of sulfone groups is 1. The van der Waals surface area contributed by atoms with Crippen LogP contribution < -0.4 is 0 Å². The molecule has 0 fully saturated rings. The van der Waals surface area contributed by atoms with Crippen molar-refractivity contribution in [2.45, 2.75) is 10.4 Å². The Balaban J connectivity index is 3.49. The minimum Gasteiger partial charge on any atom is -0.214 e. The molecule has 0 aromatic heterocycles. The first-order chi connectivity index (χ1) is 7.07. The van der Waals surface area contributed by atoms with Gasteiger partial charge in [-0.2, -0.15) is 13.2 Å². The Bertz CT molecular complexity index is 495. The average Bonchev–Trinajstić information content (AvgIpc) is 2.11. The fourth-order valence-corrected chi connectivity index (χ4v) is 1.61. The zero-order chi connectivity index (χ0) is 12.7. The highest BCUT2D eigenvalue weighted by Gasteiger charge is 2.47. The van der Waals surface area contributed by atoms with Crippen LogP contribution in [0.1, 0.15) is 0 Å². The number of hydrogen-bond donors (Lipinski definition) is 0. The summed E-state index contributed by atoms with van der Waals surface area (Å²) in [7, 11) is -5.88. The molecule has 16 heavy (non-hydrogen) atoms. The third-order valence-electron chi connectivity index (χ3n) is 1.57. The molecule has 90 valence electrons. The van der Waals surface area contributed by atoms with E-state index in [1.807, 2.05) is 0 Å². The monoisotopic (exact) mass is 264 g/mol. The molecule has 0 amide bonds. The molecule has 0 saturated carbocycles. The first kappa shape index (κ1) is 12.8. The van der Waals surface area contributed by atoms with Gasteiger partial charge in [0, 0.05) is 0 Å². The second-order valence-electron chi connectivity index (χ2n) is 2.65. The fraction of sp³-hybridized carbons (Fsp3) is 0.143. The number of halogens is 6. The molecular weight excluding hydrogens is 262 g/mol. The SMILES string of the molecule is O=S(=O)(c1cc(F)c(F)c(F)c1)C(F)(F)F. The first-order valence-corrected chi connectivity index (χ1v) is 5.01. The van der Waals surface area contributed by atoms with Gasteiger partial charge in [-0.05, 0) is 12.1 Å². The minimum atomic E-state index is -5.88. The number of benzene rings is 1. The Morgan fingerprint density at radius 2 is 1.31 bits per heavy atom. The quantitative estimate of drug-likeness (QED) is 0.443. The van der Waals surface area contributed by atoms with Crippen LogP contribution in [0.25, 0.3) is 0 Å². The Labute approximate surface area is 85.4 Å². The highest BCUT2D eigenvalue weighted by Crippen LogP contribution is 2.31. The van der Waals surface area contributed by atoms with Crippen molar-refractivity contribution in [1.82, 2.24) is 0 Å². The first-order valence-electron chi connectivity index (χ1n) is 3.53. The van der Waals surface area contributed by atoms with E-state index in [0.717, 1.165) is 0 Å². The van der Waals surface area contributed by atoms with Gasteiger partial charge in [-0.3, -0.25) is 0 Å². The highest BCUT2D eigenvalue weighted by atomic mass is 32.2. The Kier molecular flexibility index (Phi) is 2.92. The molecule has 9 heteroatoms. The van der Waals surface area contributed by atoms with Crippen molar-refractivity contribution in [3.05, 3.63) is 29.6 Å². The standard InChI is InChI=1S/C7H2F6O2S/c8-4-1-3(2-5(9)6(4)10)16(14,15)7(11,12)13/h1-2H. The number of hydrogen-bond acceptors (Lipinski definition) is 2. The summed E-state index contributed by atoms with van der Waals surface area (Å²) in [5, 5.41) is 0. The zero-order valence-corrected chi connectivity index (χ0v) is 7.96. The molecule has 0 unspecified atom stereocenters. The molecule has 0 heterocycles. The number of rotatable bonds is 1. The summed E-state index contributed by atoms with van der Waals surface area (Å²) in [5.74, 6) is -6.06. The largest absolute Gasteiger partial charge is 0.501 e. The lowest BCUT2D eigenvalue weighted by Gasteiger charge is -2.08. The van der Waals surface area contributed by atoms with E-state index in [0.29, 0.717) is 0 Å². The minimum absolute atomic E-state index is 0.235. The third kappa shape index (κ3) is 1.99. The Hall–Kier alpha value is -1.25. The lowest BCUT2D eigenvalue weighted by molar-refractivity contribution is -0.0436. The van der Waals surface area contributed by atoms with Crippen LogP contribution >= 0.6 is 0 Å². The molecule has 2 nitrogen and oxygen atoms in total. The Morgan fingerprint density at radius 1 is 0.938 bits per heavy atom. The van der Waals surface area contributed by atoms with Gasteiger partial charge in [-0.15, -0.1) is 0 Å². The maximum absolute atomic E-state index is 12.5. The summed E-state index contributed by atoms with van der Waals surface area (Å²) in [5.41, 5.74) is -5.70. The van der Waals surface area contributed by atoms with E-state index in [2.05, 4.69) is 0 Å². The van der Waals surface area contributed by atoms with Crippen molar-refractivity contribution in [1.29, 1.82) is 0 Å². The molecule has 0 radical (unpaired) electrons. The van der Waals surface area contributed by atoms with Gasteiger partial charge in [-0.25, -0.2) is 21.6 Å². The maximum Gasteiger partial charge on any atom is 0.501 e. The summed E-state index contributed by atoms with van der Waals surface area (Å²) in [6, 6.07) is -0.470. The molecule has 1 aromatic rings. The fourth-order valence-electron chi connectivity index (χ4n) is 0.821. The van der Waals surface area contributed by atoms with Crippen LogP contribution in [0.2, 0.25) is 0 Å². The van der Waals surface area contributed by atoms with E-state index in [1.54, 1.807) is 0 Å². The van der Waals surface area contributed by atoms with Gasteiger partial charge in [0.1, 0.15) is 0 Å². The summed E-state index contributed by atoms with van der Waals surface area (Å²) in [4.78, 5) is -1.68. The van der Waals surface area contributed by atoms with Gasteiger partial charge in [0.25, 0.3) is 9.84 Å². The normalized spacial score (nSPS) is 12.9. The topological polar surface area (TPSA) is 34.1 Å². The van der Waals surface area contributed by atoms with Gasteiger partial charge in [0.2, 0.25) is 0 Å². The molecule has 0 spiro atoms. The summed E-state index contributed by atoms with van der Waals surface area (Å²) in [6.07, 6.45) is 0. The molecule has 0 atom stereocenters. The van der Waals surface area contributed by atoms with Gasteiger partial charge in [-0.1, -0.05) is 0 Å². The average molecular weight is 264 g/mol. The zero-order valence-electron chi connectivity index (χ0n) is 7.15. The second-order valence-corrected chi connectivity index (χ2v) is 4.59. The lowest BCUT2D eigenvalue weighted by Crippen LogP contribution is -2.23. The van der Waals surface area contributed by atoms with E-state index in [1.165, 1.54) is 0 Å². The van der Waals surface area contributed by atoms with Crippen LogP contribution in [-0.2, 0) is 9.84 Å². The molecule has 0 aliphatic heterocycles. The summed E-state index contributed by atoms with van der Waals surface area (Å²) in [6.45, 7) is 0. The third-order valence-corrected chi connectivity index (χ3v) is 3.04. The molecule has 0 saturated heterocycles. The van der Waals surface area contributed by atoms with Crippen molar-refractivity contribution in [2.75, 3.05) is 0 Å². The molecule has 0 aliphatic carbocycles. The molecule has 1 rings (SSSR count). The lowest BCUT2D eigenvalue weighted by atomic mass is 10.3. The predicted molar refractivity (Wildman–Crippen MR) is 39.6 cm³/mol. The smallest absolute Gasteiger partial charge is 0.214 e. The van der Waals surface area contributed by atoms with Gasteiger partial charge < -0.3 is 0 Å². The van der Waals surface area contributed by atoms with Crippen molar-refractivity contribution in [2.24, 2.45) is 0 Å². The van der Waals surface area contributed by atoms with E-state index in [4.69, 9.17) is 0 Å². The van der Waals surface area contributed by atoms with E-state index in [-0.39, 0.29) is 12.1 Å². The highest BCUT2D eigenvalue weighted by molar-refractivity contribution is 7.92. The van der Waals surface area contributed by atoms with E-state index >= 15 is 0 Å². The molecular formula is C7H2F6O2S. The summed E-state index contributed by atoms with van der Waals surface area (Å²) >= 11 is 0. The van der Waals surface area contributed by atoms with Gasteiger partial charge >= 0.3 is 5.51 Å². The van der Waals surface area contributed by atoms with Crippen molar-refractivity contribution < 1.29 is 34.8 Å². The van der Waals surface area contributed by atoms with Crippen LogP contribution in [0.5, 0.6) is 0 Å². The second kappa shape index (κ2) is 3.65. The number of alkyl halides is 3. The van der Waals surface area contributed by atoms with Crippen LogP contribution in [0.3, 0.4) is 0 Å². The molecule has 0 aliphatic rings. The molecule has 1 aromatic carbocycles. The Morgan fingerprint density at radius 3 is 1.62 bits per heavy atom. The van der Waals surface area contributed by atoms with Crippen LogP contribution in [0.15, 0.2) is 17.0 Å². The van der Waals surface area contributed by atoms with Gasteiger partial charge in [0.05, 0.1) is 4.90 Å². The van der Waals surface area contributed by atoms with Crippen molar-refractivity contribution in [3.63, 3.8) is 0 Å². The van der Waals surface area contributed by atoms with E-state index in [9.17, 15) is 34.8 Å². The van der Waals surface area contributed by atoms with Crippen molar-refractivity contribution >= 4 is 9.84 Å². The summed E-state index contributed by atoms with van der Waals surface area (Å²) < 4.78 is 94.6. The molecule has 0 bridgehead atoms. The van der Waals surface area contributed by atoms with Crippen molar-refractivity contribution in [3.8, 4) is 0 Å². The van der Waals surface area contributed by atoms with E-state index < -0.39 is 37.7 Å². The van der Waals surface area contributed by atoms with Crippen LogP contribution in [0.4, 0.5) is 26.3 Å². The van der Waals surface area contributed by atoms with Gasteiger partial charge in [0.15, 0.2) is 17.5 Å².